The summed E-state index contributed by atoms with van der Waals surface area (Å²) in [5.41, 5.74) is 10.7. The summed E-state index contributed by atoms with van der Waals surface area (Å²) >= 11 is 0. The monoisotopic (exact) mass is 185 g/mol. The molecular weight excluding hydrogens is 170 g/mol. The van der Waals surface area contributed by atoms with Gasteiger partial charge in [0.05, 0.1) is 5.92 Å². The van der Waals surface area contributed by atoms with Crippen LogP contribution in [0.4, 0.5) is 0 Å². The molecule has 0 aromatic heterocycles. The molecule has 1 aliphatic heterocycles. The SMILES string of the molecule is N/N=C(\N)N1CCCC(C(N)=O)C1. The maximum Gasteiger partial charge on any atom is 0.222 e. The van der Waals surface area contributed by atoms with Gasteiger partial charge in [-0.3, -0.25) is 4.79 Å². The summed E-state index contributed by atoms with van der Waals surface area (Å²) in [5, 5.41) is 3.37. The van der Waals surface area contributed by atoms with E-state index in [-0.39, 0.29) is 17.8 Å². The standard InChI is InChI=1S/C7H15N5O/c8-6(13)5-2-1-3-12(4-5)7(9)11-10/h5H,1-4,10H2,(H2,8,13)(H2,9,11). The average molecular weight is 185 g/mol. The number of guanidine groups is 1. The van der Waals surface area contributed by atoms with Gasteiger partial charge in [-0.25, -0.2) is 0 Å². The van der Waals surface area contributed by atoms with E-state index in [4.69, 9.17) is 17.3 Å². The number of nitrogens with zero attached hydrogens (tertiary/aromatic N) is 2. The van der Waals surface area contributed by atoms with Crippen molar-refractivity contribution in [3.05, 3.63) is 0 Å². The summed E-state index contributed by atoms with van der Waals surface area (Å²) in [6.45, 7) is 1.32. The number of hydrazone groups is 1. The molecule has 0 saturated carbocycles. The van der Waals surface area contributed by atoms with Crippen LogP contribution in [0, 0.1) is 5.92 Å². The van der Waals surface area contributed by atoms with Gasteiger partial charge in [0.15, 0.2) is 0 Å². The van der Waals surface area contributed by atoms with E-state index in [9.17, 15) is 4.79 Å². The van der Waals surface area contributed by atoms with E-state index in [1.807, 2.05) is 0 Å². The Hall–Kier alpha value is -1.46. The number of rotatable bonds is 1. The highest BCUT2D eigenvalue weighted by atomic mass is 16.1. The molecular formula is C7H15N5O. The topological polar surface area (TPSA) is 111 Å². The van der Waals surface area contributed by atoms with Crippen molar-refractivity contribution in [2.24, 2.45) is 28.3 Å². The minimum Gasteiger partial charge on any atom is -0.369 e. The van der Waals surface area contributed by atoms with Gasteiger partial charge in [-0.15, -0.1) is 5.10 Å². The quantitative estimate of drug-likeness (QED) is 0.197. The van der Waals surface area contributed by atoms with Crippen LogP contribution < -0.4 is 17.3 Å². The number of amides is 1. The van der Waals surface area contributed by atoms with E-state index in [0.717, 1.165) is 19.4 Å². The number of hydrogen-bond donors (Lipinski definition) is 3. The van der Waals surface area contributed by atoms with Crippen molar-refractivity contribution in [3.8, 4) is 0 Å². The summed E-state index contributed by atoms with van der Waals surface area (Å²) in [5.74, 6) is 4.89. The van der Waals surface area contributed by atoms with Crippen LogP contribution in [0.3, 0.4) is 0 Å². The van der Waals surface area contributed by atoms with Gasteiger partial charge in [-0.05, 0) is 12.8 Å². The van der Waals surface area contributed by atoms with Gasteiger partial charge in [-0.1, -0.05) is 0 Å². The number of nitrogens with two attached hydrogens (primary N) is 3. The fourth-order valence-electron chi connectivity index (χ4n) is 1.50. The van der Waals surface area contributed by atoms with Crippen LogP contribution >= 0.6 is 0 Å². The summed E-state index contributed by atoms with van der Waals surface area (Å²) in [6.07, 6.45) is 1.72. The lowest BCUT2D eigenvalue weighted by Crippen LogP contribution is -2.47. The van der Waals surface area contributed by atoms with E-state index >= 15 is 0 Å². The highest BCUT2D eigenvalue weighted by molar-refractivity contribution is 5.80. The van der Waals surface area contributed by atoms with E-state index in [2.05, 4.69) is 5.10 Å². The van der Waals surface area contributed by atoms with Crippen molar-refractivity contribution in [1.29, 1.82) is 0 Å². The first-order chi connectivity index (χ1) is 6.15. The smallest absolute Gasteiger partial charge is 0.222 e. The summed E-state index contributed by atoms with van der Waals surface area (Å²) < 4.78 is 0. The first-order valence-electron chi connectivity index (χ1n) is 4.22. The van der Waals surface area contributed by atoms with E-state index in [1.165, 1.54) is 0 Å². The lowest BCUT2D eigenvalue weighted by Gasteiger charge is -2.31. The van der Waals surface area contributed by atoms with Crippen LogP contribution in [0.5, 0.6) is 0 Å². The molecule has 1 atom stereocenters. The Labute approximate surface area is 76.7 Å². The molecule has 1 saturated heterocycles. The van der Waals surface area contributed by atoms with Crippen molar-refractivity contribution in [3.63, 3.8) is 0 Å². The van der Waals surface area contributed by atoms with Gasteiger partial charge in [0.2, 0.25) is 11.9 Å². The zero-order valence-corrected chi connectivity index (χ0v) is 7.44. The number of hydrogen-bond acceptors (Lipinski definition) is 3. The molecule has 1 heterocycles. The second-order valence-electron chi connectivity index (χ2n) is 3.17. The van der Waals surface area contributed by atoms with E-state index in [1.54, 1.807) is 4.90 Å². The third-order valence-corrected chi connectivity index (χ3v) is 2.28. The Morgan fingerprint density at radius 2 is 2.15 bits per heavy atom. The van der Waals surface area contributed by atoms with Crippen LogP contribution in [-0.2, 0) is 4.79 Å². The normalized spacial score (nSPS) is 24.5. The molecule has 1 fully saturated rings. The minimum atomic E-state index is -0.283. The fourth-order valence-corrected chi connectivity index (χ4v) is 1.50. The van der Waals surface area contributed by atoms with Gasteiger partial charge in [0.25, 0.3) is 0 Å². The average Bonchev–Trinajstić information content (AvgIpc) is 2.17. The van der Waals surface area contributed by atoms with Crippen molar-refractivity contribution in [2.45, 2.75) is 12.8 Å². The third-order valence-electron chi connectivity index (χ3n) is 2.28. The summed E-state index contributed by atoms with van der Waals surface area (Å²) in [4.78, 5) is 12.7. The lowest BCUT2D eigenvalue weighted by molar-refractivity contribution is -0.122. The van der Waals surface area contributed by atoms with Crippen LogP contribution in [0.2, 0.25) is 0 Å². The fraction of sp³-hybridized carbons (Fsp3) is 0.714. The first kappa shape index (κ1) is 9.63. The molecule has 74 valence electrons. The Morgan fingerprint density at radius 1 is 1.46 bits per heavy atom. The molecule has 13 heavy (non-hydrogen) atoms. The maximum absolute atomic E-state index is 10.9. The second kappa shape index (κ2) is 3.97. The van der Waals surface area contributed by atoms with Gasteiger partial charge in [-0.2, -0.15) is 0 Å². The van der Waals surface area contributed by atoms with Gasteiger partial charge < -0.3 is 22.2 Å². The molecule has 6 N–H and O–H groups in total. The van der Waals surface area contributed by atoms with Crippen molar-refractivity contribution in [1.82, 2.24) is 4.90 Å². The number of primary amides is 1. The summed E-state index contributed by atoms with van der Waals surface area (Å²) in [7, 11) is 0. The van der Waals surface area contributed by atoms with E-state index in [0.29, 0.717) is 6.54 Å². The molecule has 0 aromatic carbocycles. The van der Waals surface area contributed by atoms with Gasteiger partial charge >= 0.3 is 0 Å². The van der Waals surface area contributed by atoms with Crippen LogP contribution in [0.1, 0.15) is 12.8 Å². The van der Waals surface area contributed by atoms with E-state index < -0.39 is 0 Å². The molecule has 0 radical (unpaired) electrons. The number of likely N-dealkylation sites (tertiary alicyclic amines) is 1. The maximum atomic E-state index is 10.9. The molecule has 0 bridgehead atoms. The molecule has 1 aliphatic rings. The van der Waals surface area contributed by atoms with Crippen LogP contribution in [0.15, 0.2) is 5.10 Å². The molecule has 1 unspecified atom stereocenters. The lowest BCUT2D eigenvalue weighted by atomic mass is 9.98. The third kappa shape index (κ3) is 2.24. The molecule has 0 aliphatic carbocycles. The van der Waals surface area contributed by atoms with Crippen LogP contribution in [0.25, 0.3) is 0 Å². The number of piperidine rings is 1. The van der Waals surface area contributed by atoms with Crippen molar-refractivity contribution < 1.29 is 4.79 Å². The predicted molar refractivity (Wildman–Crippen MR) is 49.3 cm³/mol. The van der Waals surface area contributed by atoms with Gasteiger partial charge in [0.1, 0.15) is 0 Å². The molecule has 0 spiro atoms. The van der Waals surface area contributed by atoms with Crippen LogP contribution in [-0.4, -0.2) is 29.9 Å². The minimum absolute atomic E-state index is 0.131. The largest absolute Gasteiger partial charge is 0.369 e. The molecule has 6 nitrogen and oxygen atoms in total. The molecule has 1 rings (SSSR count). The zero-order chi connectivity index (χ0) is 9.84. The van der Waals surface area contributed by atoms with Crippen molar-refractivity contribution >= 4 is 11.9 Å². The number of carbonyl (C=O) groups is 1. The molecule has 1 amide bonds. The second-order valence-corrected chi connectivity index (χ2v) is 3.17. The predicted octanol–water partition coefficient (Wildman–Crippen LogP) is -1.63. The first-order valence-corrected chi connectivity index (χ1v) is 4.22. The number of carbonyl (C=O) groups excluding carboxylic acids is 1. The Bertz CT molecular complexity index is 227. The Balaban J connectivity index is 2.56. The molecule has 6 heteroatoms. The Morgan fingerprint density at radius 3 is 2.69 bits per heavy atom. The van der Waals surface area contributed by atoms with Crippen molar-refractivity contribution in [2.75, 3.05) is 13.1 Å². The highest BCUT2D eigenvalue weighted by Gasteiger charge is 2.24. The Kier molecular flexibility index (Phi) is 2.94. The van der Waals surface area contributed by atoms with Gasteiger partial charge in [0, 0.05) is 13.1 Å². The summed E-state index contributed by atoms with van der Waals surface area (Å²) in [6, 6.07) is 0. The highest BCUT2D eigenvalue weighted by Crippen LogP contribution is 2.15. The molecule has 0 aromatic rings. The zero-order valence-electron chi connectivity index (χ0n) is 7.44.